The van der Waals surface area contributed by atoms with Gasteiger partial charge in [-0.25, -0.2) is 4.68 Å². The van der Waals surface area contributed by atoms with E-state index in [1.54, 1.807) is 17.7 Å². The van der Waals surface area contributed by atoms with Gasteiger partial charge in [-0.1, -0.05) is 78.9 Å². The molecule has 5 aromatic rings. The Morgan fingerprint density at radius 1 is 0.975 bits per heavy atom. The summed E-state index contributed by atoms with van der Waals surface area (Å²) in [7, 11) is 0. The molecule has 0 fully saturated rings. The van der Waals surface area contributed by atoms with Gasteiger partial charge in [0.25, 0.3) is 5.56 Å². The maximum absolute atomic E-state index is 13.6. The highest BCUT2D eigenvalue weighted by atomic mass is 16.3. The van der Waals surface area contributed by atoms with Crippen LogP contribution in [-0.4, -0.2) is 25.2 Å². The zero-order chi connectivity index (χ0) is 28.2. The van der Waals surface area contributed by atoms with Crippen LogP contribution < -0.4 is 5.56 Å². The van der Waals surface area contributed by atoms with Crippen molar-refractivity contribution in [3.63, 3.8) is 0 Å². The van der Waals surface area contributed by atoms with Crippen LogP contribution in [0.2, 0.25) is 0 Å². The third kappa shape index (κ3) is 4.86. The van der Waals surface area contributed by atoms with Crippen LogP contribution in [0.15, 0.2) is 108 Å². The van der Waals surface area contributed by atoms with Gasteiger partial charge in [-0.05, 0) is 49.3 Å². The molecule has 7 heteroatoms. The van der Waals surface area contributed by atoms with Crippen molar-refractivity contribution in [3.8, 4) is 28.9 Å². The van der Waals surface area contributed by atoms with Crippen LogP contribution in [0.3, 0.4) is 0 Å². The Morgan fingerprint density at radius 3 is 2.20 bits per heavy atom. The molecule has 0 saturated carbocycles. The number of carbonyl (C=O) groups is 1. The van der Waals surface area contributed by atoms with Gasteiger partial charge in [-0.3, -0.25) is 14.2 Å². The Bertz CT molecular complexity index is 1810. The van der Waals surface area contributed by atoms with Crippen molar-refractivity contribution in [2.45, 2.75) is 19.9 Å². The predicted octanol–water partition coefficient (Wildman–Crippen LogP) is 6.09. The zero-order valence-electron chi connectivity index (χ0n) is 22.0. The first-order valence-corrected chi connectivity index (χ1v) is 12.8. The van der Waals surface area contributed by atoms with Crippen LogP contribution >= 0.6 is 0 Å². The average Bonchev–Trinajstić information content (AvgIpc) is 3.42. The molecular weight excluding hydrogens is 500 g/mol. The van der Waals surface area contributed by atoms with Crippen molar-refractivity contribution < 1.29 is 9.90 Å². The van der Waals surface area contributed by atoms with Gasteiger partial charge < -0.3 is 5.11 Å². The topological polar surface area (TPSA) is 101 Å². The largest absolute Gasteiger partial charge is 0.494 e. The van der Waals surface area contributed by atoms with E-state index in [2.05, 4.69) is 0 Å². The lowest BCUT2D eigenvalue weighted by atomic mass is 9.99. The summed E-state index contributed by atoms with van der Waals surface area (Å²) in [4.78, 5) is 26.8. The highest BCUT2D eigenvalue weighted by Crippen LogP contribution is 2.29. The van der Waals surface area contributed by atoms with E-state index in [9.17, 15) is 20.0 Å². The summed E-state index contributed by atoms with van der Waals surface area (Å²) < 4.78 is 2.84. The summed E-state index contributed by atoms with van der Waals surface area (Å²) in [5.41, 5.74) is 3.07. The number of carbonyl (C=O) groups excluding carboxylic acids is 1. The first-order valence-electron chi connectivity index (χ1n) is 12.8. The molecule has 0 spiro atoms. The Morgan fingerprint density at radius 2 is 1.57 bits per heavy atom. The highest BCUT2D eigenvalue weighted by molar-refractivity contribution is 6.09. The molecule has 1 unspecified atom stereocenters. The number of aromatic hydroxyl groups is 1. The second-order valence-corrected chi connectivity index (χ2v) is 9.35. The predicted molar refractivity (Wildman–Crippen MR) is 154 cm³/mol. The molecule has 3 aromatic carbocycles. The molecular formula is C33H26N4O3. The molecule has 0 radical (unpaired) electrons. The number of rotatable bonds is 7. The molecule has 0 amide bonds. The van der Waals surface area contributed by atoms with Gasteiger partial charge in [-0.2, -0.15) is 10.4 Å². The monoisotopic (exact) mass is 526 g/mol. The average molecular weight is 527 g/mol. The number of nitrogens with zero attached hydrogens (tertiary/aromatic N) is 4. The summed E-state index contributed by atoms with van der Waals surface area (Å²) in [5, 5.41) is 25.8. The molecule has 2 aromatic heterocycles. The second kappa shape index (κ2) is 11.1. The SMILES string of the molecule is Cc1c(C(=O)/C=C/c2cn(-c3ccccc3)nc2-c2ccccc2)c(O)n(C(C)c2ccccc2)c(=O)c1C#N. The Balaban J connectivity index is 1.60. The van der Waals surface area contributed by atoms with E-state index in [1.165, 1.54) is 13.0 Å². The molecule has 0 aliphatic heterocycles. The number of ketones is 1. The second-order valence-electron chi connectivity index (χ2n) is 9.35. The molecule has 5 rings (SSSR count). The van der Waals surface area contributed by atoms with Gasteiger partial charge in [0.1, 0.15) is 11.6 Å². The molecule has 0 bridgehead atoms. The molecule has 40 heavy (non-hydrogen) atoms. The van der Waals surface area contributed by atoms with Crippen LogP contribution in [0, 0.1) is 18.3 Å². The summed E-state index contributed by atoms with van der Waals surface area (Å²) in [6.07, 6.45) is 4.80. The number of hydrogen-bond acceptors (Lipinski definition) is 5. The number of nitriles is 1. The first kappa shape index (κ1) is 26.1. The lowest BCUT2D eigenvalue weighted by Crippen LogP contribution is -2.29. The van der Waals surface area contributed by atoms with Crippen molar-refractivity contribution >= 4 is 11.9 Å². The van der Waals surface area contributed by atoms with E-state index in [1.807, 2.05) is 103 Å². The molecule has 196 valence electrons. The van der Waals surface area contributed by atoms with Crippen LogP contribution in [0.4, 0.5) is 0 Å². The van der Waals surface area contributed by atoms with Gasteiger partial charge >= 0.3 is 0 Å². The fourth-order valence-electron chi connectivity index (χ4n) is 4.75. The van der Waals surface area contributed by atoms with E-state index >= 15 is 0 Å². The fraction of sp³-hybridized carbons (Fsp3) is 0.0909. The van der Waals surface area contributed by atoms with E-state index in [-0.39, 0.29) is 16.7 Å². The molecule has 7 nitrogen and oxygen atoms in total. The minimum absolute atomic E-state index is 0.0908. The Kier molecular flexibility index (Phi) is 7.25. The molecule has 1 N–H and O–H groups in total. The normalized spacial score (nSPS) is 11.8. The van der Waals surface area contributed by atoms with Gasteiger partial charge in [-0.15, -0.1) is 0 Å². The fourth-order valence-corrected chi connectivity index (χ4v) is 4.75. The molecule has 0 saturated heterocycles. The number of para-hydroxylation sites is 1. The Labute approximate surface area is 231 Å². The lowest BCUT2D eigenvalue weighted by Gasteiger charge is -2.20. The van der Waals surface area contributed by atoms with Gasteiger partial charge in [0.05, 0.1) is 23.0 Å². The summed E-state index contributed by atoms with van der Waals surface area (Å²) in [5.74, 6) is -1.01. The van der Waals surface area contributed by atoms with Gasteiger partial charge in [0, 0.05) is 17.3 Å². The van der Waals surface area contributed by atoms with Crippen molar-refractivity contribution in [3.05, 3.63) is 141 Å². The van der Waals surface area contributed by atoms with Crippen LogP contribution in [0.1, 0.15) is 45.6 Å². The zero-order valence-corrected chi connectivity index (χ0v) is 22.0. The molecule has 0 aliphatic rings. The van der Waals surface area contributed by atoms with Crippen molar-refractivity contribution in [1.29, 1.82) is 5.26 Å². The van der Waals surface area contributed by atoms with Crippen molar-refractivity contribution in [1.82, 2.24) is 14.3 Å². The van der Waals surface area contributed by atoms with Crippen molar-refractivity contribution in [2.75, 3.05) is 0 Å². The van der Waals surface area contributed by atoms with Gasteiger partial charge in [0.2, 0.25) is 5.88 Å². The standard InChI is InChI=1S/C33H26N4O3/c1-22-28(20-34)32(39)37(23(2)24-12-6-3-7-13-24)33(40)30(22)29(38)19-18-26-21-36(27-16-10-5-11-17-27)35-31(26)25-14-8-4-9-15-25/h3-19,21,23,40H,1-2H3/b19-18+. The highest BCUT2D eigenvalue weighted by Gasteiger charge is 2.26. The quantitative estimate of drug-likeness (QED) is 0.204. The third-order valence-electron chi connectivity index (χ3n) is 6.89. The molecule has 1 atom stereocenters. The number of allylic oxidation sites excluding steroid dienone is 1. The van der Waals surface area contributed by atoms with Crippen molar-refractivity contribution in [2.24, 2.45) is 0 Å². The summed E-state index contributed by atoms with van der Waals surface area (Å²) >= 11 is 0. The number of pyridine rings is 1. The summed E-state index contributed by atoms with van der Waals surface area (Å²) in [6.45, 7) is 3.24. The third-order valence-corrected chi connectivity index (χ3v) is 6.89. The first-order chi connectivity index (χ1) is 19.4. The maximum Gasteiger partial charge on any atom is 0.272 e. The van der Waals surface area contributed by atoms with E-state index in [4.69, 9.17) is 5.10 Å². The minimum atomic E-state index is -0.648. The van der Waals surface area contributed by atoms with E-state index in [0.29, 0.717) is 11.3 Å². The van der Waals surface area contributed by atoms with Gasteiger partial charge in [0.15, 0.2) is 5.78 Å². The molecule has 0 aliphatic carbocycles. The van der Waals surface area contributed by atoms with Crippen LogP contribution in [-0.2, 0) is 0 Å². The van der Waals surface area contributed by atoms with Crippen LogP contribution in [0.25, 0.3) is 23.0 Å². The smallest absolute Gasteiger partial charge is 0.272 e. The summed E-state index contributed by atoms with van der Waals surface area (Å²) in [6, 6.07) is 29.7. The number of aromatic nitrogens is 3. The molecule has 2 heterocycles. The Hall–Kier alpha value is -5.48. The van der Waals surface area contributed by atoms with E-state index in [0.717, 1.165) is 21.4 Å². The lowest BCUT2D eigenvalue weighted by molar-refractivity contribution is 0.104. The number of hydrogen-bond donors (Lipinski definition) is 1. The number of benzene rings is 3. The van der Waals surface area contributed by atoms with E-state index < -0.39 is 23.3 Å². The van der Waals surface area contributed by atoms with Crippen LogP contribution in [0.5, 0.6) is 5.88 Å². The minimum Gasteiger partial charge on any atom is -0.494 e. The maximum atomic E-state index is 13.6.